The van der Waals surface area contributed by atoms with Crippen molar-refractivity contribution >= 4 is 21.4 Å². The molecule has 1 aromatic carbocycles. The Morgan fingerprint density at radius 3 is 2.74 bits per heavy atom. The Bertz CT molecular complexity index is 558. The maximum Gasteiger partial charge on any atom is 0.270 e. The second-order valence-electron chi connectivity index (χ2n) is 3.72. The van der Waals surface area contributed by atoms with Crippen LogP contribution < -0.4 is 10.5 Å². The molecule has 0 aromatic heterocycles. The molecule has 0 saturated carbocycles. The number of hydrogen-bond donors (Lipinski definition) is 2. The van der Waals surface area contributed by atoms with Crippen molar-refractivity contribution in [1.29, 1.82) is 0 Å². The zero-order valence-electron chi connectivity index (χ0n) is 10.3. The van der Waals surface area contributed by atoms with Crippen LogP contribution in [-0.2, 0) is 14.8 Å². The molecular formula is C10H15N3O5S. The number of nitro benzene ring substituents is 1. The maximum absolute atomic E-state index is 11.9. The van der Waals surface area contributed by atoms with Gasteiger partial charge in [-0.05, 0) is 12.5 Å². The topological polar surface area (TPSA) is 125 Å². The average molecular weight is 289 g/mol. The van der Waals surface area contributed by atoms with E-state index in [-0.39, 0.29) is 22.8 Å². The van der Waals surface area contributed by atoms with Crippen molar-refractivity contribution in [2.75, 3.05) is 26.0 Å². The minimum Gasteiger partial charge on any atom is -0.398 e. The molecule has 106 valence electrons. The summed E-state index contributed by atoms with van der Waals surface area (Å²) in [6.45, 7) is 0.575. The minimum atomic E-state index is -3.86. The Morgan fingerprint density at radius 2 is 2.16 bits per heavy atom. The molecule has 0 saturated heterocycles. The Hall–Kier alpha value is -1.71. The van der Waals surface area contributed by atoms with Crippen molar-refractivity contribution in [2.45, 2.75) is 11.3 Å². The maximum atomic E-state index is 11.9. The minimum absolute atomic E-state index is 0.0372. The van der Waals surface area contributed by atoms with E-state index < -0.39 is 14.9 Å². The molecule has 19 heavy (non-hydrogen) atoms. The van der Waals surface area contributed by atoms with Gasteiger partial charge >= 0.3 is 0 Å². The third-order valence-electron chi connectivity index (χ3n) is 2.31. The number of sulfonamides is 1. The Labute approximate surface area is 110 Å². The second kappa shape index (κ2) is 6.45. The van der Waals surface area contributed by atoms with Gasteiger partial charge in [0.05, 0.1) is 10.6 Å². The lowest BCUT2D eigenvalue weighted by atomic mass is 10.3. The zero-order chi connectivity index (χ0) is 14.5. The van der Waals surface area contributed by atoms with E-state index in [0.29, 0.717) is 13.0 Å². The van der Waals surface area contributed by atoms with E-state index in [2.05, 4.69) is 4.72 Å². The fourth-order valence-corrected chi connectivity index (χ4v) is 2.59. The van der Waals surface area contributed by atoms with Gasteiger partial charge in [0.15, 0.2) is 0 Å². The molecule has 0 unspecified atom stereocenters. The van der Waals surface area contributed by atoms with E-state index in [0.717, 1.165) is 12.1 Å². The molecular weight excluding hydrogens is 274 g/mol. The SMILES string of the molecule is COCCCNS(=O)(=O)c1cc([N+](=O)[O-])ccc1N. The number of nitrogen functional groups attached to an aromatic ring is 1. The smallest absolute Gasteiger partial charge is 0.270 e. The first-order chi connectivity index (χ1) is 8.88. The number of methoxy groups -OCH3 is 1. The molecule has 0 amide bonds. The number of nitro groups is 1. The van der Waals surface area contributed by atoms with E-state index in [9.17, 15) is 18.5 Å². The predicted octanol–water partition coefficient (Wildman–Crippen LogP) is 0.492. The van der Waals surface area contributed by atoms with Crippen LogP contribution in [0.2, 0.25) is 0 Å². The molecule has 0 fully saturated rings. The highest BCUT2D eigenvalue weighted by Gasteiger charge is 2.20. The van der Waals surface area contributed by atoms with Crippen molar-refractivity contribution < 1.29 is 18.1 Å². The summed E-state index contributed by atoms with van der Waals surface area (Å²) >= 11 is 0. The number of anilines is 1. The van der Waals surface area contributed by atoms with E-state index in [1.807, 2.05) is 0 Å². The molecule has 0 atom stereocenters. The van der Waals surface area contributed by atoms with Gasteiger partial charge in [-0.15, -0.1) is 0 Å². The van der Waals surface area contributed by atoms with Crippen molar-refractivity contribution in [2.24, 2.45) is 0 Å². The molecule has 0 spiro atoms. The Morgan fingerprint density at radius 1 is 1.47 bits per heavy atom. The third kappa shape index (κ3) is 4.16. The number of non-ortho nitro benzene ring substituents is 1. The van der Waals surface area contributed by atoms with Gasteiger partial charge in [0, 0.05) is 32.4 Å². The molecule has 0 heterocycles. The zero-order valence-corrected chi connectivity index (χ0v) is 11.1. The molecule has 0 bridgehead atoms. The number of ether oxygens (including phenoxy) is 1. The van der Waals surface area contributed by atoms with Crippen molar-refractivity contribution in [3.05, 3.63) is 28.3 Å². The number of benzene rings is 1. The van der Waals surface area contributed by atoms with E-state index >= 15 is 0 Å². The van der Waals surface area contributed by atoms with Gasteiger partial charge in [-0.2, -0.15) is 0 Å². The molecule has 9 heteroatoms. The fourth-order valence-electron chi connectivity index (χ4n) is 1.37. The van der Waals surface area contributed by atoms with Gasteiger partial charge in [0.25, 0.3) is 5.69 Å². The van der Waals surface area contributed by atoms with Gasteiger partial charge in [-0.1, -0.05) is 0 Å². The van der Waals surface area contributed by atoms with Crippen LogP contribution in [0, 0.1) is 10.1 Å². The Balaban J connectivity index is 2.94. The van der Waals surface area contributed by atoms with Crippen LogP contribution in [0.4, 0.5) is 11.4 Å². The highest BCUT2D eigenvalue weighted by Crippen LogP contribution is 2.23. The molecule has 0 aliphatic carbocycles. The first kappa shape index (κ1) is 15.3. The van der Waals surface area contributed by atoms with Gasteiger partial charge in [0.2, 0.25) is 10.0 Å². The summed E-state index contributed by atoms with van der Waals surface area (Å²) in [7, 11) is -2.36. The monoisotopic (exact) mass is 289 g/mol. The average Bonchev–Trinajstić information content (AvgIpc) is 2.34. The largest absolute Gasteiger partial charge is 0.398 e. The molecule has 3 N–H and O–H groups in total. The van der Waals surface area contributed by atoms with Gasteiger partial charge in [0.1, 0.15) is 4.90 Å². The summed E-state index contributed by atoms with van der Waals surface area (Å²) in [4.78, 5) is 9.65. The quantitative estimate of drug-likeness (QED) is 0.326. The standard InChI is InChI=1S/C10H15N3O5S/c1-18-6-2-5-12-19(16,17)10-7-8(13(14)15)3-4-9(10)11/h3-4,7,12H,2,5-6,11H2,1H3. The lowest BCUT2D eigenvalue weighted by Gasteiger charge is -2.08. The predicted molar refractivity (Wildman–Crippen MR) is 69.2 cm³/mol. The highest BCUT2D eigenvalue weighted by molar-refractivity contribution is 7.89. The lowest BCUT2D eigenvalue weighted by molar-refractivity contribution is -0.385. The first-order valence-corrected chi connectivity index (χ1v) is 6.89. The number of hydrogen-bond acceptors (Lipinski definition) is 6. The molecule has 0 aliphatic rings. The summed E-state index contributed by atoms with van der Waals surface area (Å²) in [6, 6.07) is 3.29. The summed E-state index contributed by atoms with van der Waals surface area (Å²) in [5, 5.41) is 10.6. The van der Waals surface area contributed by atoms with Crippen LogP contribution in [-0.4, -0.2) is 33.6 Å². The lowest BCUT2D eigenvalue weighted by Crippen LogP contribution is -2.26. The van der Waals surface area contributed by atoms with E-state index in [1.54, 1.807) is 0 Å². The molecule has 1 aromatic rings. The van der Waals surface area contributed by atoms with E-state index in [4.69, 9.17) is 10.5 Å². The Kier molecular flexibility index (Phi) is 5.21. The second-order valence-corrected chi connectivity index (χ2v) is 5.46. The van der Waals surface area contributed by atoms with Crippen molar-refractivity contribution in [1.82, 2.24) is 4.72 Å². The first-order valence-electron chi connectivity index (χ1n) is 5.41. The van der Waals surface area contributed by atoms with Crippen LogP contribution >= 0.6 is 0 Å². The molecule has 8 nitrogen and oxygen atoms in total. The fraction of sp³-hybridized carbons (Fsp3) is 0.400. The van der Waals surface area contributed by atoms with Crippen LogP contribution in [0.3, 0.4) is 0 Å². The number of nitrogens with zero attached hydrogens (tertiary/aromatic N) is 1. The van der Waals surface area contributed by atoms with Crippen LogP contribution in [0.15, 0.2) is 23.1 Å². The number of nitrogens with one attached hydrogen (secondary N) is 1. The summed E-state index contributed by atoms with van der Waals surface area (Å²) in [5.74, 6) is 0. The van der Waals surface area contributed by atoms with Crippen LogP contribution in [0.5, 0.6) is 0 Å². The van der Waals surface area contributed by atoms with E-state index in [1.165, 1.54) is 13.2 Å². The van der Waals surface area contributed by atoms with Gasteiger partial charge < -0.3 is 10.5 Å². The molecule has 0 aliphatic heterocycles. The van der Waals surface area contributed by atoms with Crippen LogP contribution in [0.25, 0.3) is 0 Å². The summed E-state index contributed by atoms with van der Waals surface area (Å²) < 4.78 is 31.0. The van der Waals surface area contributed by atoms with Crippen molar-refractivity contribution in [3.8, 4) is 0 Å². The number of rotatable bonds is 7. The number of nitrogens with two attached hydrogens (primary N) is 1. The normalized spacial score (nSPS) is 11.4. The third-order valence-corrected chi connectivity index (χ3v) is 3.83. The van der Waals surface area contributed by atoms with Gasteiger partial charge in [-0.3, -0.25) is 10.1 Å². The van der Waals surface area contributed by atoms with Gasteiger partial charge in [-0.25, -0.2) is 13.1 Å². The van der Waals surface area contributed by atoms with Crippen LogP contribution in [0.1, 0.15) is 6.42 Å². The van der Waals surface area contributed by atoms with Crippen molar-refractivity contribution in [3.63, 3.8) is 0 Å². The molecule has 0 radical (unpaired) electrons. The highest BCUT2D eigenvalue weighted by atomic mass is 32.2. The summed E-state index contributed by atoms with van der Waals surface area (Å²) in [6.07, 6.45) is 0.491. The molecule has 1 rings (SSSR count). The summed E-state index contributed by atoms with van der Waals surface area (Å²) in [5.41, 5.74) is 5.18.